The number of nitrogen functional groups attached to an aromatic ring is 1. The van der Waals surface area contributed by atoms with E-state index < -0.39 is 0 Å². The van der Waals surface area contributed by atoms with Gasteiger partial charge in [0.15, 0.2) is 0 Å². The van der Waals surface area contributed by atoms with Crippen molar-refractivity contribution >= 4 is 28.2 Å². The molecule has 1 aromatic heterocycles. The summed E-state index contributed by atoms with van der Waals surface area (Å²) in [7, 11) is 0. The average Bonchev–Trinajstić information content (AvgIpc) is 2.48. The summed E-state index contributed by atoms with van der Waals surface area (Å²) in [4.78, 5) is 0. The van der Waals surface area contributed by atoms with Crippen LogP contribution in [-0.4, -0.2) is 16.0 Å². The second kappa shape index (κ2) is 4.53. The number of nitrogens with one attached hydrogen (secondary N) is 1. The normalized spacial score (nSPS) is 10.0. The van der Waals surface area contributed by atoms with E-state index in [0.717, 1.165) is 16.5 Å². The van der Waals surface area contributed by atoms with Crippen molar-refractivity contribution in [3.63, 3.8) is 0 Å². The highest BCUT2D eigenvalue weighted by Crippen LogP contribution is 2.18. The first kappa shape index (κ1) is 8.76. The van der Waals surface area contributed by atoms with Crippen LogP contribution in [0.4, 0.5) is 5.13 Å². The molecule has 3 N–H and O–H groups in total. The van der Waals surface area contributed by atoms with Gasteiger partial charge in [-0.3, -0.25) is 5.43 Å². The highest BCUT2D eigenvalue weighted by Gasteiger charge is 2.00. The maximum atomic E-state index is 5.14. The number of anilines is 1. The van der Waals surface area contributed by atoms with Crippen molar-refractivity contribution < 1.29 is 0 Å². The zero-order valence-electron chi connectivity index (χ0n) is 6.20. The van der Waals surface area contributed by atoms with Crippen LogP contribution in [0, 0.1) is 0 Å². The molecule has 0 aliphatic rings. The SMILES string of the molecule is CCSCc1nnc(NN)s1. The quantitative estimate of drug-likeness (QED) is 0.549. The first-order chi connectivity index (χ1) is 5.36. The van der Waals surface area contributed by atoms with Crippen LogP contribution in [0.1, 0.15) is 11.9 Å². The Morgan fingerprint density at radius 2 is 2.45 bits per heavy atom. The first-order valence-electron chi connectivity index (χ1n) is 3.23. The highest BCUT2D eigenvalue weighted by atomic mass is 32.2. The molecule has 0 saturated heterocycles. The van der Waals surface area contributed by atoms with Crippen LogP contribution >= 0.6 is 23.1 Å². The van der Waals surface area contributed by atoms with Gasteiger partial charge in [-0.1, -0.05) is 18.3 Å². The monoisotopic (exact) mass is 190 g/mol. The lowest BCUT2D eigenvalue weighted by Gasteiger charge is -1.89. The van der Waals surface area contributed by atoms with Crippen LogP contribution in [0.5, 0.6) is 0 Å². The third-order valence-electron chi connectivity index (χ3n) is 1.02. The van der Waals surface area contributed by atoms with Crippen molar-refractivity contribution in [3.05, 3.63) is 5.01 Å². The minimum absolute atomic E-state index is 0.678. The molecule has 1 heterocycles. The van der Waals surface area contributed by atoms with Crippen LogP contribution in [0.15, 0.2) is 0 Å². The zero-order chi connectivity index (χ0) is 8.10. The van der Waals surface area contributed by atoms with Gasteiger partial charge < -0.3 is 0 Å². The van der Waals surface area contributed by atoms with E-state index in [-0.39, 0.29) is 0 Å². The molecule has 0 unspecified atom stereocenters. The summed E-state index contributed by atoms with van der Waals surface area (Å²) in [5.74, 6) is 7.17. The van der Waals surface area contributed by atoms with E-state index in [4.69, 9.17) is 5.84 Å². The van der Waals surface area contributed by atoms with E-state index in [9.17, 15) is 0 Å². The van der Waals surface area contributed by atoms with Crippen molar-refractivity contribution in [2.75, 3.05) is 11.2 Å². The van der Waals surface area contributed by atoms with Gasteiger partial charge in [0, 0.05) is 5.75 Å². The number of rotatable bonds is 4. The predicted molar refractivity (Wildman–Crippen MR) is 49.6 cm³/mol. The van der Waals surface area contributed by atoms with E-state index in [1.54, 1.807) is 0 Å². The molecule has 0 radical (unpaired) electrons. The molecule has 11 heavy (non-hydrogen) atoms. The summed E-state index contributed by atoms with van der Waals surface area (Å²) < 4.78 is 0. The molecule has 0 aromatic carbocycles. The molecular formula is C5H10N4S2. The Bertz CT molecular complexity index is 212. The fraction of sp³-hybridized carbons (Fsp3) is 0.600. The van der Waals surface area contributed by atoms with Crippen LogP contribution in [0.3, 0.4) is 0 Å². The molecule has 62 valence electrons. The van der Waals surface area contributed by atoms with Gasteiger partial charge in [-0.25, -0.2) is 5.84 Å². The molecule has 0 spiro atoms. The molecule has 4 nitrogen and oxygen atoms in total. The van der Waals surface area contributed by atoms with Crippen molar-refractivity contribution in [2.45, 2.75) is 12.7 Å². The maximum absolute atomic E-state index is 5.14. The lowest BCUT2D eigenvalue weighted by molar-refractivity contribution is 1.03. The van der Waals surface area contributed by atoms with Crippen LogP contribution in [-0.2, 0) is 5.75 Å². The summed E-state index contributed by atoms with van der Waals surface area (Å²) in [6.07, 6.45) is 0. The lowest BCUT2D eigenvalue weighted by Crippen LogP contribution is -2.05. The lowest BCUT2D eigenvalue weighted by atomic mass is 10.8. The molecule has 0 aliphatic carbocycles. The molecule has 0 amide bonds. The molecule has 0 saturated carbocycles. The molecular weight excluding hydrogens is 180 g/mol. The fourth-order valence-electron chi connectivity index (χ4n) is 0.560. The number of nitrogens with two attached hydrogens (primary N) is 1. The third-order valence-corrected chi connectivity index (χ3v) is 2.94. The number of hydrogen-bond donors (Lipinski definition) is 2. The Labute approximate surface area is 73.6 Å². The number of hydrogen-bond acceptors (Lipinski definition) is 6. The summed E-state index contributed by atoms with van der Waals surface area (Å²) in [6.45, 7) is 2.12. The van der Waals surface area contributed by atoms with Crippen molar-refractivity contribution in [1.82, 2.24) is 10.2 Å². The molecule has 1 rings (SSSR count). The Morgan fingerprint density at radius 3 is 3.00 bits per heavy atom. The third kappa shape index (κ3) is 2.64. The smallest absolute Gasteiger partial charge is 0.219 e. The maximum Gasteiger partial charge on any atom is 0.219 e. The van der Waals surface area contributed by atoms with Gasteiger partial charge in [0.2, 0.25) is 5.13 Å². The number of nitrogens with zero attached hydrogens (tertiary/aromatic N) is 2. The molecule has 1 aromatic rings. The van der Waals surface area contributed by atoms with E-state index in [1.807, 2.05) is 11.8 Å². The van der Waals surface area contributed by atoms with E-state index in [2.05, 4.69) is 22.5 Å². The van der Waals surface area contributed by atoms with E-state index in [0.29, 0.717) is 5.13 Å². The Hall–Kier alpha value is -0.330. The minimum atomic E-state index is 0.678. The largest absolute Gasteiger partial charge is 0.298 e. The number of hydrazine groups is 1. The Morgan fingerprint density at radius 1 is 1.64 bits per heavy atom. The Balaban J connectivity index is 2.44. The standard InChI is InChI=1S/C5H10N4S2/c1-2-10-3-4-8-9-5(7-6)11-4/h2-3,6H2,1H3,(H,7,9). The number of thioether (sulfide) groups is 1. The molecule has 0 aliphatic heterocycles. The van der Waals surface area contributed by atoms with Gasteiger partial charge in [0.05, 0.1) is 0 Å². The predicted octanol–water partition coefficient (Wildman–Crippen LogP) is 1.08. The summed E-state index contributed by atoms with van der Waals surface area (Å²) in [5.41, 5.74) is 2.46. The molecule has 0 bridgehead atoms. The van der Waals surface area contributed by atoms with Gasteiger partial charge in [0.25, 0.3) is 0 Å². The average molecular weight is 190 g/mol. The number of aromatic nitrogens is 2. The second-order valence-corrected chi connectivity index (χ2v) is 4.12. The van der Waals surface area contributed by atoms with Gasteiger partial charge in [-0.05, 0) is 5.75 Å². The topological polar surface area (TPSA) is 63.8 Å². The van der Waals surface area contributed by atoms with Crippen molar-refractivity contribution in [1.29, 1.82) is 0 Å². The van der Waals surface area contributed by atoms with Crippen LogP contribution in [0.2, 0.25) is 0 Å². The molecule has 0 atom stereocenters. The first-order valence-corrected chi connectivity index (χ1v) is 5.20. The summed E-state index contributed by atoms with van der Waals surface area (Å²) in [5, 5.41) is 9.43. The van der Waals surface area contributed by atoms with Crippen molar-refractivity contribution in [2.24, 2.45) is 5.84 Å². The van der Waals surface area contributed by atoms with Gasteiger partial charge in [-0.15, -0.1) is 10.2 Å². The van der Waals surface area contributed by atoms with Gasteiger partial charge >= 0.3 is 0 Å². The summed E-state index contributed by atoms with van der Waals surface area (Å²) >= 11 is 3.32. The second-order valence-electron chi connectivity index (χ2n) is 1.78. The minimum Gasteiger partial charge on any atom is -0.298 e. The summed E-state index contributed by atoms with van der Waals surface area (Å²) in [6, 6.07) is 0. The fourth-order valence-corrected chi connectivity index (χ4v) is 1.93. The zero-order valence-corrected chi connectivity index (χ0v) is 7.84. The van der Waals surface area contributed by atoms with E-state index >= 15 is 0 Å². The van der Waals surface area contributed by atoms with Gasteiger partial charge in [-0.2, -0.15) is 11.8 Å². The van der Waals surface area contributed by atoms with E-state index in [1.165, 1.54) is 11.3 Å². The van der Waals surface area contributed by atoms with Gasteiger partial charge in [0.1, 0.15) is 5.01 Å². The Kier molecular flexibility index (Phi) is 3.61. The highest BCUT2D eigenvalue weighted by molar-refractivity contribution is 7.98. The van der Waals surface area contributed by atoms with Crippen LogP contribution in [0.25, 0.3) is 0 Å². The molecule has 0 fully saturated rings. The van der Waals surface area contributed by atoms with Crippen LogP contribution < -0.4 is 11.3 Å². The molecule has 6 heteroatoms. The van der Waals surface area contributed by atoms with Crippen molar-refractivity contribution in [3.8, 4) is 0 Å².